The zero-order valence-corrected chi connectivity index (χ0v) is 11.3. The number of carbonyl (C=O) groups is 1. The Morgan fingerprint density at radius 2 is 2.18 bits per heavy atom. The van der Waals surface area contributed by atoms with Crippen LogP contribution in [0.2, 0.25) is 0 Å². The summed E-state index contributed by atoms with van der Waals surface area (Å²) in [6, 6.07) is 6.03. The lowest BCUT2D eigenvalue weighted by Crippen LogP contribution is -2.36. The molecule has 2 N–H and O–H groups in total. The third-order valence-electron chi connectivity index (χ3n) is 2.38. The van der Waals surface area contributed by atoms with Crippen molar-refractivity contribution in [3.63, 3.8) is 0 Å². The van der Waals surface area contributed by atoms with E-state index in [1.54, 1.807) is 6.92 Å². The van der Waals surface area contributed by atoms with Crippen molar-refractivity contribution in [1.29, 1.82) is 0 Å². The average molecular weight is 253 g/mol. The van der Waals surface area contributed by atoms with Crippen molar-refractivity contribution in [2.45, 2.75) is 31.7 Å². The number of amides is 1. The smallest absolute Gasteiger partial charge is 0.230 e. The van der Waals surface area contributed by atoms with Gasteiger partial charge in [0, 0.05) is 10.9 Å². The van der Waals surface area contributed by atoms with E-state index in [4.69, 9.17) is 5.11 Å². The molecule has 0 unspecified atom stereocenters. The molecule has 0 aromatic heterocycles. The van der Waals surface area contributed by atoms with Crippen LogP contribution < -0.4 is 5.32 Å². The van der Waals surface area contributed by atoms with Crippen molar-refractivity contribution in [2.75, 3.05) is 12.4 Å². The fourth-order valence-corrected chi connectivity index (χ4v) is 2.30. The van der Waals surface area contributed by atoms with Crippen LogP contribution in [0.5, 0.6) is 0 Å². The van der Waals surface area contributed by atoms with E-state index in [2.05, 4.69) is 23.5 Å². The summed E-state index contributed by atoms with van der Waals surface area (Å²) in [5.74, 6) is 0.340. The van der Waals surface area contributed by atoms with Crippen molar-refractivity contribution in [1.82, 2.24) is 5.32 Å². The lowest BCUT2D eigenvalue weighted by Gasteiger charge is -2.11. The SMILES string of the molecule is Cc1ccc(C)c(SCC(=O)N[C@H](C)CO)c1. The number of aliphatic hydroxyl groups is 1. The Balaban J connectivity index is 2.50. The van der Waals surface area contributed by atoms with Gasteiger partial charge in [0.2, 0.25) is 5.91 Å². The third-order valence-corrected chi connectivity index (χ3v) is 3.54. The molecule has 1 aromatic rings. The number of benzene rings is 1. The van der Waals surface area contributed by atoms with E-state index in [0.29, 0.717) is 5.75 Å². The molecule has 0 fully saturated rings. The maximum absolute atomic E-state index is 11.5. The van der Waals surface area contributed by atoms with E-state index in [1.807, 2.05) is 13.8 Å². The number of carbonyl (C=O) groups excluding carboxylic acids is 1. The summed E-state index contributed by atoms with van der Waals surface area (Å²) in [7, 11) is 0. The molecular formula is C13H19NO2S. The van der Waals surface area contributed by atoms with Crippen LogP contribution in [0, 0.1) is 13.8 Å². The summed E-state index contributed by atoms with van der Waals surface area (Å²) in [5.41, 5.74) is 2.38. The maximum atomic E-state index is 11.5. The van der Waals surface area contributed by atoms with E-state index in [-0.39, 0.29) is 18.6 Å². The molecule has 0 saturated carbocycles. The van der Waals surface area contributed by atoms with Crippen LogP contribution >= 0.6 is 11.8 Å². The molecule has 3 nitrogen and oxygen atoms in total. The van der Waals surface area contributed by atoms with Crippen molar-refractivity contribution in [3.05, 3.63) is 29.3 Å². The second-order valence-corrected chi connectivity index (χ2v) is 5.23. The van der Waals surface area contributed by atoms with E-state index in [1.165, 1.54) is 22.9 Å². The third kappa shape index (κ3) is 4.79. The Hall–Kier alpha value is -1.00. The summed E-state index contributed by atoms with van der Waals surface area (Å²) in [6.07, 6.45) is 0. The van der Waals surface area contributed by atoms with Gasteiger partial charge in [-0.05, 0) is 32.4 Å². The van der Waals surface area contributed by atoms with Crippen molar-refractivity contribution >= 4 is 17.7 Å². The lowest BCUT2D eigenvalue weighted by molar-refractivity contribution is -0.119. The summed E-state index contributed by atoms with van der Waals surface area (Å²) in [4.78, 5) is 12.7. The zero-order chi connectivity index (χ0) is 12.8. The first-order valence-electron chi connectivity index (χ1n) is 5.63. The van der Waals surface area contributed by atoms with Crippen LogP contribution in [0.4, 0.5) is 0 Å². The van der Waals surface area contributed by atoms with Crippen LogP contribution in [-0.2, 0) is 4.79 Å². The highest BCUT2D eigenvalue weighted by Gasteiger charge is 2.07. The van der Waals surface area contributed by atoms with Gasteiger partial charge in [-0.25, -0.2) is 0 Å². The van der Waals surface area contributed by atoms with E-state index >= 15 is 0 Å². The van der Waals surface area contributed by atoms with E-state index in [9.17, 15) is 4.79 Å². The zero-order valence-electron chi connectivity index (χ0n) is 10.5. The van der Waals surface area contributed by atoms with Gasteiger partial charge in [-0.15, -0.1) is 11.8 Å². The first-order chi connectivity index (χ1) is 8.02. The summed E-state index contributed by atoms with van der Waals surface area (Å²) >= 11 is 1.53. The minimum absolute atomic E-state index is 0.0279. The highest BCUT2D eigenvalue weighted by Crippen LogP contribution is 2.23. The first kappa shape index (κ1) is 14.1. The Morgan fingerprint density at radius 1 is 1.47 bits per heavy atom. The van der Waals surface area contributed by atoms with Gasteiger partial charge in [0.1, 0.15) is 0 Å². The van der Waals surface area contributed by atoms with Crippen LogP contribution in [-0.4, -0.2) is 29.4 Å². The van der Waals surface area contributed by atoms with Gasteiger partial charge < -0.3 is 10.4 Å². The molecule has 4 heteroatoms. The monoisotopic (exact) mass is 253 g/mol. The van der Waals surface area contributed by atoms with Gasteiger partial charge in [0.25, 0.3) is 0 Å². The molecule has 1 rings (SSSR count). The van der Waals surface area contributed by atoms with Gasteiger partial charge in [-0.2, -0.15) is 0 Å². The van der Waals surface area contributed by atoms with Gasteiger partial charge in [0.05, 0.1) is 12.4 Å². The Morgan fingerprint density at radius 3 is 2.82 bits per heavy atom. The normalized spacial score (nSPS) is 12.2. The lowest BCUT2D eigenvalue weighted by atomic mass is 10.2. The number of aliphatic hydroxyl groups excluding tert-OH is 1. The van der Waals surface area contributed by atoms with Gasteiger partial charge >= 0.3 is 0 Å². The fraction of sp³-hybridized carbons (Fsp3) is 0.462. The molecule has 1 amide bonds. The van der Waals surface area contributed by atoms with Crippen LogP contribution in [0.3, 0.4) is 0 Å². The molecule has 0 spiro atoms. The second kappa shape index (κ2) is 6.67. The molecule has 94 valence electrons. The van der Waals surface area contributed by atoms with Crippen molar-refractivity contribution in [3.8, 4) is 0 Å². The Kier molecular flexibility index (Phi) is 5.51. The Bertz CT molecular complexity index is 393. The molecule has 0 radical (unpaired) electrons. The number of hydrogen-bond donors (Lipinski definition) is 2. The maximum Gasteiger partial charge on any atom is 0.230 e. The average Bonchev–Trinajstić information content (AvgIpc) is 2.30. The Labute approximate surface area is 107 Å². The molecule has 1 aromatic carbocycles. The minimum Gasteiger partial charge on any atom is -0.394 e. The molecule has 0 bridgehead atoms. The summed E-state index contributed by atoms with van der Waals surface area (Å²) in [6.45, 7) is 5.83. The number of hydrogen-bond acceptors (Lipinski definition) is 3. The van der Waals surface area contributed by atoms with Gasteiger partial charge in [-0.1, -0.05) is 17.7 Å². The fourth-order valence-electron chi connectivity index (χ4n) is 1.37. The first-order valence-corrected chi connectivity index (χ1v) is 6.61. The highest BCUT2D eigenvalue weighted by molar-refractivity contribution is 8.00. The molecule has 0 aliphatic carbocycles. The number of rotatable bonds is 5. The number of aryl methyl sites for hydroxylation is 2. The summed E-state index contributed by atoms with van der Waals surface area (Å²) in [5, 5.41) is 11.6. The molecule has 1 atom stereocenters. The number of nitrogens with one attached hydrogen (secondary N) is 1. The number of thioether (sulfide) groups is 1. The van der Waals surface area contributed by atoms with E-state index < -0.39 is 0 Å². The van der Waals surface area contributed by atoms with Crippen LogP contribution in [0.1, 0.15) is 18.1 Å². The molecular weight excluding hydrogens is 234 g/mol. The predicted molar refractivity (Wildman–Crippen MR) is 71.3 cm³/mol. The molecule has 17 heavy (non-hydrogen) atoms. The quantitative estimate of drug-likeness (QED) is 0.788. The molecule has 0 aliphatic rings. The van der Waals surface area contributed by atoms with Gasteiger partial charge in [-0.3, -0.25) is 4.79 Å². The second-order valence-electron chi connectivity index (χ2n) is 4.21. The van der Waals surface area contributed by atoms with Crippen LogP contribution in [0.15, 0.2) is 23.1 Å². The van der Waals surface area contributed by atoms with Crippen molar-refractivity contribution in [2.24, 2.45) is 0 Å². The standard InChI is InChI=1S/C13H19NO2S/c1-9-4-5-10(2)12(6-9)17-8-13(16)14-11(3)7-15/h4-6,11,15H,7-8H2,1-3H3,(H,14,16)/t11-/m1/s1. The van der Waals surface area contributed by atoms with E-state index in [0.717, 1.165) is 4.90 Å². The largest absolute Gasteiger partial charge is 0.394 e. The summed E-state index contributed by atoms with van der Waals surface area (Å²) < 4.78 is 0. The van der Waals surface area contributed by atoms with Gasteiger partial charge in [0.15, 0.2) is 0 Å². The topological polar surface area (TPSA) is 49.3 Å². The van der Waals surface area contributed by atoms with Crippen LogP contribution in [0.25, 0.3) is 0 Å². The predicted octanol–water partition coefficient (Wildman–Crippen LogP) is 1.89. The van der Waals surface area contributed by atoms with Crippen molar-refractivity contribution < 1.29 is 9.90 Å². The molecule has 0 aliphatic heterocycles. The minimum atomic E-state index is -0.179. The molecule has 0 heterocycles. The molecule has 0 saturated heterocycles. The highest BCUT2D eigenvalue weighted by atomic mass is 32.2.